The van der Waals surface area contributed by atoms with E-state index in [9.17, 15) is 0 Å². The third kappa shape index (κ3) is 2.95. The minimum Gasteiger partial charge on any atom is -0.294 e. The third-order valence-electron chi connectivity index (χ3n) is 6.21. The van der Waals surface area contributed by atoms with Crippen LogP contribution in [0, 0.1) is 0 Å². The van der Waals surface area contributed by atoms with Gasteiger partial charge in [0.25, 0.3) is 0 Å². The highest BCUT2D eigenvalue weighted by Gasteiger charge is 2.15. The molecule has 2 nitrogen and oxygen atoms in total. The van der Waals surface area contributed by atoms with E-state index < -0.39 is 0 Å². The number of hydrogen-bond donors (Lipinski definition) is 0. The Kier molecular flexibility index (Phi) is 4.22. The summed E-state index contributed by atoms with van der Waals surface area (Å²) < 4.78 is 3.68. The van der Waals surface area contributed by atoms with E-state index in [2.05, 4.69) is 106 Å². The summed E-state index contributed by atoms with van der Waals surface area (Å²) in [6.45, 7) is 0. The fraction of sp³-hybridized carbons (Fsp3) is 0. The summed E-state index contributed by atoms with van der Waals surface area (Å²) in [5.74, 6) is 0. The lowest BCUT2D eigenvalue weighted by Crippen LogP contribution is -1.96. The van der Waals surface area contributed by atoms with Crippen molar-refractivity contribution < 1.29 is 0 Å². The average molecular weight is 459 g/mol. The minimum absolute atomic E-state index is 0.987. The molecule has 0 saturated heterocycles. The summed E-state index contributed by atoms with van der Waals surface area (Å²) in [6.07, 6.45) is 0. The second-order valence-corrected chi connectivity index (χ2v) is 10.2. The number of thiophene rings is 2. The molecule has 0 saturated carbocycles. The summed E-state index contributed by atoms with van der Waals surface area (Å²) in [5, 5.41) is 8.19. The molecular formula is C29H18N2S2. The standard InChI is InChI=1S/C29H18N2S2/c1-2-7-19(8-3-1)26-14-13-23-22-11-4-5-12-27(22)31(28(23)30-26)21-10-6-9-20(17-21)25-18-33-29-24(25)15-16-32-29/h1-18H. The van der Waals surface area contributed by atoms with E-state index in [4.69, 9.17) is 4.98 Å². The molecule has 7 rings (SSSR count). The Morgan fingerprint density at radius 3 is 2.42 bits per heavy atom. The number of aromatic nitrogens is 2. The monoisotopic (exact) mass is 458 g/mol. The number of pyridine rings is 1. The van der Waals surface area contributed by atoms with Crippen LogP contribution in [0.3, 0.4) is 0 Å². The molecule has 7 aromatic rings. The molecule has 4 aromatic heterocycles. The van der Waals surface area contributed by atoms with Gasteiger partial charge in [-0.1, -0.05) is 60.7 Å². The second-order valence-electron chi connectivity index (χ2n) is 8.11. The van der Waals surface area contributed by atoms with Crippen LogP contribution in [0.2, 0.25) is 0 Å². The van der Waals surface area contributed by atoms with Crippen molar-refractivity contribution in [1.82, 2.24) is 9.55 Å². The number of fused-ring (bicyclic) bond motifs is 4. The number of hydrogen-bond acceptors (Lipinski definition) is 3. The molecule has 0 bridgehead atoms. The van der Waals surface area contributed by atoms with Crippen molar-refractivity contribution in [1.29, 1.82) is 0 Å². The van der Waals surface area contributed by atoms with E-state index in [1.807, 2.05) is 28.7 Å². The highest BCUT2D eigenvalue weighted by Crippen LogP contribution is 2.39. The molecule has 0 N–H and O–H groups in total. The van der Waals surface area contributed by atoms with Crippen molar-refractivity contribution in [2.45, 2.75) is 0 Å². The fourth-order valence-corrected chi connectivity index (χ4v) is 6.63. The van der Waals surface area contributed by atoms with Crippen LogP contribution in [0.25, 0.3) is 59.4 Å². The topological polar surface area (TPSA) is 17.8 Å². The Bertz CT molecular complexity index is 1770. The Morgan fingerprint density at radius 1 is 0.636 bits per heavy atom. The van der Waals surface area contributed by atoms with Crippen molar-refractivity contribution in [3.05, 3.63) is 108 Å². The lowest BCUT2D eigenvalue weighted by atomic mass is 10.1. The summed E-state index contributed by atoms with van der Waals surface area (Å²) in [4.78, 5) is 5.16. The van der Waals surface area contributed by atoms with E-state index in [-0.39, 0.29) is 0 Å². The van der Waals surface area contributed by atoms with Crippen molar-refractivity contribution in [2.24, 2.45) is 0 Å². The van der Waals surface area contributed by atoms with Gasteiger partial charge in [0.05, 0.1) is 15.2 Å². The average Bonchev–Trinajstić information content (AvgIpc) is 3.57. The first kappa shape index (κ1) is 18.8. The molecular weight excluding hydrogens is 440 g/mol. The first-order valence-corrected chi connectivity index (χ1v) is 12.6. The Hall–Kier alpha value is -3.73. The number of nitrogens with zero attached hydrogens (tertiary/aromatic N) is 2. The van der Waals surface area contributed by atoms with Gasteiger partial charge in [0.15, 0.2) is 0 Å². The third-order valence-corrected chi connectivity index (χ3v) is 8.28. The lowest BCUT2D eigenvalue weighted by molar-refractivity contribution is 1.14. The van der Waals surface area contributed by atoms with E-state index in [0.717, 1.165) is 22.6 Å². The molecule has 0 atom stereocenters. The van der Waals surface area contributed by atoms with Gasteiger partial charge in [0.1, 0.15) is 5.65 Å². The van der Waals surface area contributed by atoms with Gasteiger partial charge in [-0.2, -0.15) is 0 Å². The van der Waals surface area contributed by atoms with E-state index in [1.54, 1.807) is 0 Å². The molecule has 0 aliphatic heterocycles. The maximum Gasteiger partial charge on any atom is 0.146 e. The molecule has 156 valence electrons. The quantitative estimate of drug-likeness (QED) is 0.259. The SMILES string of the molecule is c1ccc(-c2ccc3c4ccccc4n(-c4cccc(-c5csc6sccc56)c4)c3n2)cc1. The van der Waals surface area contributed by atoms with Crippen molar-refractivity contribution in [2.75, 3.05) is 0 Å². The maximum atomic E-state index is 5.16. The number of rotatable bonds is 3. The first-order valence-electron chi connectivity index (χ1n) is 10.9. The Labute approximate surface area is 199 Å². The predicted molar refractivity (Wildman–Crippen MR) is 143 cm³/mol. The zero-order valence-electron chi connectivity index (χ0n) is 17.6. The van der Waals surface area contributed by atoms with Gasteiger partial charge in [0.2, 0.25) is 0 Å². The van der Waals surface area contributed by atoms with Gasteiger partial charge in [-0.25, -0.2) is 4.98 Å². The van der Waals surface area contributed by atoms with Gasteiger partial charge in [-0.05, 0) is 47.3 Å². The lowest BCUT2D eigenvalue weighted by Gasteiger charge is -2.10. The summed E-state index contributed by atoms with van der Waals surface area (Å²) in [7, 11) is 0. The molecule has 33 heavy (non-hydrogen) atoms. The van der Waals surface area contributed by atoms with Gasteiger partial charge in [-0.3, -0.25) is 4.57 Å². The molecule has 0 unspecified atom stereocenters. The van der Waals surface area contributed by atoms with E-state index in [1.165, 1.54) is 36.8 Å². The summed E-state index contributed by atoms with van der Waals surface area (Å²) in [6, 6.07) is 34.4. The van der Waals surface area contributed by atoms with Crippen LogP contribution in [-0.4, -0.2) is 9.55 Å². The molecule has 0 spiro atoms. The van der Waals surface area contributed by atoms with Crippen LogP contribution >= 0.6 is 22.7 Å². The molecule has 0 aliphatic carbocycles. The number of benzene rings is 3. The normalized spacial score (nSPS) is 11.6. The molecule has 0 aliphatic rings. The Morgan fingerprint density at radius 2 is 1.48 bits per heavy atom. The molecule has 4 heteroatoms. The second kappa shape index (κ2) is 7.41. The minimum atomic E-state index is 0.987. The Balaban J connectivity index is 1.50. The molecule has 0 amide bonds. The van der Waals surface area contributed by atoms with Crippen LogP contribution < -0.4 is 0 Å². The maximum absolute atomic E-state index is 5.16. The smallest absolute Gasteiger partial charge is 0.146 e. The van der Waals surface area contributed by atoms with Gasteiger partial charge < -0.3 is 0 Å². The predicted octanol–water partition coefficient (Wildman–Crippen LogP) is 8.79. The van der Waals surface area contributed by atoms with Gasteiger partial charge >= 0.3 is 0 Å². The molecule has 3 aromatic carbocycles. The van der Waals surface area contributed by atoms with Crippen LogP contribution in [-0.2, 0) is 0 Å². The van der Waals surface area contributed by atoms with E-state index >= 15 is 0 Å². The highest BCUT2D eigenvalue weighted by molar-refractivity contribution is 7.37. The molecule has 0 fully saturated rings. The zero-order valence-corrected chi connectivity index (χ0v) is 19.2. The highest BCUT2D eigenvalue weighted by atomic mass is 32.2. The summed E-state index contributed by atoms with van der Waals surface area (Å²) in [5.41, 5.74) is 7.95. The van der Waals surface area contributed by atoms with Crippen molar-refractivity contribution in [3.63, 3.8) is 0 Å². The largest absolute Gasteiger partial charge is 0.294 e. The number of para-hydroxylation sites is 1. The van der Waals surface area contributed by atoms with Crippen LogP contribution in [0.4, 0.5) is 0 Å². The van der Waals surface area contributed by atoms with Gasteiger partial charge in [-0.15, -0.1) is 22.7 Å². The van der Waals surface area contributed by atoms with Crippen LogP contribution in [0.1, 0.15) is 0 Å². The van der Waals surface area contributed by atoms with Crippen molar-refractivity contribution in [3.8, 4) is 28.1 Å². The first-order chi connectivity index (χ1) is 16.4. The van der Waals surface area contributed by atoms with Crippen LogP contribution in [0.15, 0.2) is 108 Å². The van der Waals surface area contributed by atoms with Gasteiger partial charge in [0, 0.05) is 38.4 Å². The fourth-order valence-electron chi connectivity index (χ4n) is 4.67. The van der Waals surface area contributed by atoms with Crippen molar-refractivity contribution >= 4 is 54.0 Å². The molecule has 4 heterocycles. The zero-order chi connectivity index (χ0) is 21.8. The van der Waals surface area contributed by atoms with E-state index in [0.29, 0.717) is 0 Å². The molecule has 0 radical (unpaired) electrons. The van der Waals surface area contributed by atoms with Crippen LogP contribution in [0.5, 0.6) is 0 Å². The summed E-state index contributed by atoms with van der Waals surface area (Å²) >= 11 is 3.63.